The quantitative estimate of drug-likeness (QED) is 0.280. The number of methoxy groups -OCH3 is 3. The van der Waals surface area contributed by atoms with Gasteiger partial charge in [-0.15, -0.1) is 0 Å². The maximum absolute atomic E-state index is 13.0. The molecule has 1 heterocycles. The molecule has 0 bridgehead atoms. The van der Waals surface area contributed by atoms with Gasteiger partial charge in [0.1, 0.15) is 0 Å². The number of halogens is 1. The van der Waals surface area contributed by atoms with Gasteiger partial charge in [0.2, 0.25) is 11.7 Å². The van der Waals surface area contributed by atoms with Crippen molar-refractivity contribution in [1.82, 2.24) is 4.98 Å². The lowest BCUT2D eigenvalue weighted by Crippen LogP contribution is -2.10. The number of pyridine rings is 1. The number of aryl methyl sites for hydroxylation is 2. The van der Waals surface area contributed by atoms with Crippen LogP contribution in [0, 0.1) is 13.8 Å². The zero-order valence-corrected chi connectivity index (χ0v) is 21.6. The number of carbonyl (C=O) groups is 1. The maximum atomic E-state index is 13.0. The third-order valence-corrected chi connectivity index (χ3v) is 6.19. The fourth-order valence-electron chi connectivity index (χ4n) is 4.31. The Labute approximate surface area is 215 Å². The SMILES string of the molecule is COc1ccc(C=CC(=O)Nc2cnc3c(C)cc(C)cc3c2-c2ccccc2Cl)c(OC)c1OC. The van der Waals surface area contributed by atoms with E-state index in [0.29, 0.717) is 33.5 Å². The predicted molar refractivity (Wildman–Crippen MR) is 145 cm³/mol. The summed E-state index contributed by atoms with van der Waals surface area (Å²) < 4.78 is 16.3. The van der Waals surface area contributed by atoms with Gasteiger partial charge < -0.3 is 19.5 Å². The molecule has 0 unspecified atom stereocenters. The summed E-state index contributed by atoms with van der Waals surface area (Å²) in [5.74, 6) is 1.13. The second-order valence-electron chi connectivity index (χ2n) is 8.25. The average molecular weight is 503 g/mol. The van der Waals surface area contributed by atoms with Gasteiger partial charge in [-0.3, -0.25) is 9.78 Å². The molecule has 1 aromatic heterocycles. The van der Waals surface area contributed by atoms with E-state index in [2.05, 4.69) is 22.4 Å². The maximum Gasteiger partial charge on any atom is 0.248 e. The standard InChI is InChI=1S/C29H27ClN2O4/c1-17-14-18(2)27-21(15-17)26(20-8-6-7-9-22(20)30)23(16-31-27)32-25(33)13-11-19-10-12-24(34-3)29(36-5)28(19)35-4/h6-16H,1-5H3,(H,32,33). The van der Waals surface area contributed by atoms with Crippen molar-refractivity contribution in [1.29, 1.82) is 0 Å². The Bertz CT molecular complexity index is 1480. The summed E-state index contributed by atoms with van der Waals surface area (Å²) in [5.41, 5.74) is 5.88. The van der Waals surface area contributed by atoms with Crippen LogP contribution < -0.4 is 19.5 Å². The lowest BCUT2D eigenvalue weighted by Gasteiger charge is -2.16. The highest BCUT2D eigenvalue weighted by atomic mass is 35.5. The smallest absolute Gasteiger partial charge is 0.248 e. The van der Waals surface area contributed by atoms with Gasteiger partial charge in [0.05, 0.1) is 38.7 Å². The molecular weight excluding hydrogens is 476 g/mol. The zero-order valence-electron chi connectivity index (χ0n) is 20.8. The molecule has 0 radical (unpaired) electrons. The number of rotatable bonds is 7. The highest BCUT2D eigenvalue weighted by Gasteiger charge is 2.17. The lowest BCUT2D eigenvalue weighted by molar-refractivity contribution is -0.111. The van der Waals surface area contributed by atoms with Crippen LogP contribution in [0.3, 0.4) is 0 Å². The van der Waals surface area contributed by atoms with Crippen LogP contribution in [0.1, 0.15) is 16.7 Å². The van der Waals surface area contributed by atoms with E-state index >= 15 is 0 Å². The normalized spacial score (nSPS) is 11.1. The summed E-state index contributed by atoms with van der Waals surface area (Å²) in [6.07, 6.45) is 4.77. The van der Waals surface area contributed by atoms with Crippen molar-refractivity contribution in [3.63, 3.8) is 0 Å². The summed E-state index contributed by atoms with van der Waals surface area (Å²) >= 11 is 6.59. The van der Waals surface area contributed by atoms with Crippen molar-refractivity contribution in [2.75, 3.05) is 26.6 Å². The van der Waals surface area contributed by atoms with Crippen molar-refractivity contribution in [3.8, 4) is 28.4 Å². The number of anilines is 1. The largest absolute Gasteiger partial charge is 0.493 e. The van der Waals surface area contributed by atoms with Gasteiger partial charge in [-0.05, 0) is 49.8 Å². The van der Waals surface area contributed by atoms with Crippen LogP contribution >= 0.6 is 11.6 Å². The van der Waals surface area contributed by atoms with Crippen LogP contribution in [0.5, 0.6) is 17.2 Å². The number of fused-ring (bicyclic) bond motifs is 1. The van der Waals surface area contributed by atoms with Crippen molar-refractivity contribution in [3.05, 3.63) is 82.5 Å². The van der Waals surface area contributed by atoms with Gasteiger partial charge in [0, 0.05) is 33.2 Å². The Balaban J connectivity index is 1.76. The molecule has 0 aliphatic heterocycles. The van der Waals surface area contributed by atoms with E-state index in [0.717, 1.165) is 33.2 Å². The molecule has 4 aromatic rings. The van der Waals surface area contributed by atoms with E-state index in [1.54, 1.807) is 31.5 Å². The third-order valence-electron chi connectivity index (χ3n) is 5.86. The van der Waals surface area contributed by atoms with Gasteiger partial charge in [-0.2, -0.15) is 0 Å². The molecule has 0 atom stereocenters. The van der Waals surface area contributed by atoms with Gasteiger partial charge in [0.25, 0.3) is 0 Å². The highest BCUT2D eigenvalue weighted by Crippen LogP contribution is 2.41. The monoisotopic (exact) mass is 502 g/mol. The van der Waals surface area contributed by atoms with Gasteiger partial charge in [-0.25, -0.2) is 0 Å². The molecule has 0 aliphatic carbocycles. The van der Waals surface area contributed by atoms with E-state index in [4.69, 9.17) is 25.8 Å². The number of aromatic nitrogens is 1. The first-order chi connectivity index (χ1) is 17.4. The van der Waals surface area contributed by atoms with Crippen LogP contribution in [-0.4, -0.2) is 32.2 Å². The Morgan fingerprint density at radius 2 is 1.72 bits per heavy atom. The van der Waals surface area contributed by atoms with Crippen molar-refractivity contribution in [2.24, 2.45) is 0 Å². The van der Waals surface area contributed by atoms with Crippen molar-refractivity contribution < 1.29 is 19.0 Å². The minimum absolute atomic E-state index is 0.328. The minimum Gasteiger partial charge on any atom is -0.493 e. The van der Waals surface area contributed by atoms with Crippen LogP contribution in [-0.2, 0) is 4.79 Å². The number of hydrogen-bond acceptors (Lipinski definition) is 5. The topological polar surface area (TPSA) is 69.7 Å². The van der Waals surface area contributed by atoms with Gasteiger partial charge in [-0.1, -0.05) is 41.4 Å². The number of hydrogen-bond donors (Lipinski definition) is 1. The predicted octanol–water partition coefficient (Wildman–Crippen LogP) is 6.85. The lowest BCUT2D eigenvalue weighted by atomic mass is 9.96. The molecule has 0 saturated heterocycles. The fourth-order valence-corrected chi connectivity index (χ4v) is 4.54. The molecule has 0 aliphatic rings. The highest BCUT2D eigenvalue weighted by molar-refractivity contribution is 6.34. The van der Waals surface area contributed by atoms with E-state index < -0.39 is 0 Å². The van der Waals surface area contributed by atoms with Crippen LogP contribution in [0.15, 0.2) is 60.8 Å². The number of ether oxygens (including phenoxy) is 3. The molecule has 0 saturated carbocycles. The summed E-state index contributed by atoms with van der Waals surface area (Å²) in [4.78, 5) is 17.7. The summed E-state index contributed by atoms with van der Waals surface area (Å²) in [6.45, 7) is 4.06. The third kappa shape index (κ3) is 4.86. The van der Waals surface area contributed by atoms with E-state index in [9.17, 15) is 4.79 Å². The number of nitrogens with zero attached hydrogens (tertiary/aromatic N) is 1. The Hall–Kier alpha value is -4.03. The van der Waals surface area contributed by atoms with Gasteiger partial charge >= 0.3 is 0 Å². The first-order valence-electron chi connectivity index (χ1n) is 11.3. The molecule has 7 heteroatoms. The van der Waals surface area contributed by atoms with E-state index in [1.165, 1.54) is 20.3 Å². The van der Waals surface area contributed by atoms with E-state index in [-0.39, 0.29) is 5.91 Å². The molecule has 0 fully saturated rings. The Morgan fingerprint density at radius 3 is 2.42 bits per heavy atom. The molecule has 3 aromatic carbocycles. The average Bonchev–Trinajstić information content (AvgIpc) is 2.87. The number of amides is 1. The number of benzene rings is 3. The summed E-state index contributed by atoms with van der Waals surface area (Å²) in [6, 6.07) is 15.3. The molecule has 1 N–H and O–H groups in total. The fraction of sp³-hybridized carbons (Fsp3) is 0.172. The first kappa shape index (κ1) is 25.1. The second kappa shape index (κ2) is 10.7. The second-order valence-corrected chi connectivity index (χ2v) is 8.66. The van der Waals surface area contributed by atoms with Crippen LogP contribution in [0.2, 0.25) is 5.02 Å². The molecule has 6 nitrogen and oxygen atoms in total. The van der Waals surface area contributed by atoms with Crippen LogP contribution in [0.4, 0.5) is 5.69 Å². The number of nitrogens with one attached hydrogen (secondary N) is 1. The van der Waals surface area contributed by atoms with Gasteiger partial charge in [0.15, 0.2) is 11.5 Å². The molecule has 184 valence electrons. The number of carbonyl (C=O) groups excluding carboxylic acids is 1. The van der Waals surface area contributed by atoms with Crippen molar-refractivity contribution in [2.45, 2.75) is 13.8 Å². The Morgan fingerprint density at radius 1 is 0.972 bits per heavy atom. The molecular formula is C29H27ClN2O4. The molecule has 0 spiro atoms. The molecule has 4 rings (SSSR count). The minimum atomic E-state index is -0.328. The van der Waals surface area contributed by atoms with Crippen LogP contribution in [0.25, 0.3) is 28.1 Å². The molecule has 36 heavy (non-hydrogen) atoms. The summed E-state index contributed by atoms with van der Waals surface area (Å²) in [7, 11) is 4.62. The Kier molecular flexibility index (Phi) is 7.46. The van der Waals surface area contributed by atoms with Crippen molar-refractivity contribution >= 4 is 40.2 Å². The zero-order chi connectivity index (χ0) is 25.8. The molecule has 1 amide bonds. The van der Waals surface area contributed by atoms with E-state index in [1.807, 2.05) is 38.1 Å². The first-order valence-corrected chi connectivity index (χ1v) is 11.7. The summed E-state index contributed by atoms with van der Waals surface area (Å²) in [5, 5.41) is 4.49.